The van der Waals surface area contributed by atoms with Crippen molar-refractivity contribution in [2.75, 3.05) is 19.0 Å². The first-order chi connectivity index (χ1) is 20.7. The standard InChI is InChI=1S/C24H20N4O5.C9H9N/c1-12(29)26-15-3-4-18-13(7-15)9-19(27-18)23(31)28-6-5-16-17-8-14(24(32)33-2)11-25-22(17)21(30)10-20(16)28;1-7-6-8-4-2-3-5-9(8)10-7/h3-4,7-11,16,27H,5-6H2,1-2H3,(H,26,29);2-6,10H,1H3. The summed E-state index contributed by atoms with van der Waals surface area (Å²) in [5.41, 5.74) is 6.01. The maximum Gasteiger partial charge on any atom is 0.339 e. The fourth-order valence-electron chi connectivity index (χ4n) is 5.71. The molecule has 2 aliphatic rings. The predicted octanol–water partition coefficient (Wildman–Crippen LogP) is 5.49. The van der Waals surface area contributed by atoms with E-state index >= 15 is 0 Å². The molecule has 3 aromatic heterocycles. The molecule has 1 fully saturated rings. The zero-order valence-electron chi connectivity index (χ0n) is 23.9. The molecule has 2 aromatic carbocycles. The summed E-state index contributed by atoms with van der Waals surface area (Å²) < 4.78 is 4.77. The summed E-state index contributed by atoms with van der Waals surface area (Å²) in [5, 5.41) is 4.80. The number of H-pyrrole nitrogens is 2. The van der Waals surface area contributed by atoms with Gasteiger partial charge in [0, 0.05) is 65.2 Å². The number of para-hydroxylation sites is 1. The van der Waals surface area contributed by atoms with Crippen molar-refractivity contribution >= 4 is 51.1 Å². The highest BCUT2D eigenvalue weighted by Gasteiger charge is 2.39. The highest BCUT2D eigenvalue weighted by atomic mass is 16.5. The van der Waals surface area contributed by atoms with Crippen LogP contribution in [0, 0.1) is 6.92 Å². The van der Waals surface area contributed by atoms with E-state index < -0.39 is 5.97 Å². The summed E-state index contributed by atoms with van der Waals surface area (Å²) >= 11 is 0. The molecule has 0 radical (unpaired) electrons. The third-order valence-corrected chi connectivity index (χ3v) is 7.62. The van der Waals surface area contributed by atoms with Crippen molar-refractivity contribution in [3.8, 4) is 0 Å². The maximum atomic E-state index is 13.4. The number of aromatic amines is 2. The number of nitrogens with one attached hydrogen (secondary N) is 3. The van der Waals surface area contributed by atoms with Crippen molar-refractivity contribution in [1.82, 2.24) is 19.9 Å². The van der Waals surface area contributed by atoms with Crippen LogP contribution >= 0.6 is 0 Å². The largest absolute Gasteiger partial charge is 0.465 e. The number of methoxy groups -OCH3 is 1. The number of carbonyl (C=O) groups excluding carboxylic acids is 4. The van der Waals surface area contributed by atoms with Crippen LogP contribution < -0.4 is 5.32 Å². The molecule has 7 rings (SSSR count). The van der Waals surface area contributed by atoms with Gasteiger partial charge in [0.25, 0.3) is 5.91 Å². The number of ketones is 1. The van der Waals surface area contributed by atoms with E-state index in [2.05, 4.69) is 51.5 Å². The Morgan fingerprint density at radius 3 is 2.56 bits per heavy atom. The van der Waals surface area contributed by atoms with Gasteiger partial charge in [0.05, 0.1) is 12.7 Å². The Labute approximate surface area is 246 Å². The van der Waals surface area contributed by atoms with Crippen molar-refractivity contribution in [1.29, 1.82) is 0 Å². The molecule has 3 N–H and O–H groups in total. The van der Waals surface area contributed by atoms with Crippen LogP contribution in [-0.2, 0) is 9.53 Å². The number of anilines is 1. The Balaban J connectivity index is 0.000000277. The normalized spacial score (nSPS) is 15.3. The van der Waals surface area contributed by atoms with Crippen molar-refractivity contribution in [3.63, 3.8) is 0 Å². The second-order valence-electron chi connectivity index (χ2n) is 10.6. The number of benzene rings is 2. The minimum atomic E-state index is -0.531. The first-order valence-electron chi connectivity index (χ1n) is 13.8. The molecule has 0 bridgehead atoms. The number of carbonyl (C=O) groups is 4. The number of amides is 2. The Bertz CT molecular complexity index is 1930. The summed E-state index contributed by atoms with van der Waals surface area (Å²) in [6.07, 6.45) is 3.40. The number of pyridine rings is 1. The minimum Gasteiger partial charge on any atom is -0.465 e. The van der Waals surface area contributed by atoms with E-state index in [1.165, 1.54) is 42.9 Å². The van der Waals surface area contributed by atoms with Crippen LogP contribution in [0.3, 0.4) is 0 Å². The van der Waals surface area contributed by atoms with E-state index in [4.69, 9.17) is 4.74 Å². The first kappa shape index (κ1) is 27.6. The van der Waals surface area contributed by atoms with Gasteiger partial charge in [-0.15, -0.1) is 0 Å². The molecule has 1 aliphatic heterocycles. The number of aromatic nitrogens is 3. The molecule has 43 heavy (non-hydrogen) atoms. The molecule has 4 heterocycles. The smallest absolute Gasteiger partial charge is 0.339 e. The number of hydrogen-bond donors (Lipinski definition) is 3. The number of aryl methyl sites for hydroxylation is 1. The minimum absolute atomic E-state index is 0.177. The summed E-state index contributed by atoms with van der Waals surface area (Å²) in [7, 11) is 1.29. The molecule has 2 amide bonds. The number of nitrogens with zero attached hydrogens (tertiary/aromatic N) is 2. The van der Waals surface area contributed by atoms with Crippen molar-refractivity contribution < 1.29 is 23.9 Å². The number of esters is 1. The van der Waals surface area contributed by atoms with Gasteiger partial charge in [-0.25, -0.2) is 4.79 Å². The van der Waals surface area contributed by atoms with Crippen LogP contribution in [0.5, 0.6) is 0 Å². The fraction of sp³-hybridized carbons (Fsp3) is 0.182. The van der Waals surface area contributed by atoms with Crippen LogP contribution in [0.25, 0.3) is 21.8 Å². The fourth-order valence-corrected chi connectivity index (χ4v) is 5.71. The van der Waals surface area contributed by atoms with Crippen molar-refractivity contribution in [2.45, 2.75) is 26.2 Å². The third-order valence-electron chi connectivity index (χ3n) is 7.62. The van der Waals surface area contributed by atoms with E-state index in [9.17, 15) is 19.2 Å². The van der Waals surface area contributed by atoms with E-state index in [0.717, 1.165) is 10.9 Å². The van der Waals surface area contributed by atoms with Gasteiger partial charge in [0.1, 0.15) is 11.4 Å². The lowest BCUT2D eigenvalue weighted by Gasteiger charge is -2.24. The molecular formula is C33H29N5O5. The van der Waals surface area contributed by atoms with Gasteiger partial charge in [0.2, 0.25) is 11.7 Å². The lowest BCUT2D eigenvalue weighted by atomic mass is 9.87. The number of likely N-dealkylation sites (tertiary alicyclic amines) is 1. The number of fused-ring (bicyclic) bond motifs is 5. The first-order valence-corrected chi connectivity index (χ1v) is 13.8. The van der Waals surface area contributed by atoms with Gasteiger partial charge in [-0.3, -0.25) is 19.4 Å². The molecule has 1 unspecified atom stereocenters. The Kier molecular flexibility index (Phi) is 7.11. The van der Waals surface area contributed by atoms with Gasteiger partial charge in [0.15, 0.2) is 0 Å². The maximum absolute atomic E-state index is 13.4. The van der Waals surface area contributed by atoms with Gasteiger partial charge in [-0.1, -0.05) is 18.2 Å². The highest BCUT2D eigenvalue weighted by Crippen LogP contribution is 2.42. The van der Waals surface area contributed by atoms with Gasteiger partial charge < -0.3 is 24.9 Å². The Morgan fingerprint density at radius 2 is 1.79 bits per heavy atom. The van der Waals surface area contributed by atoms with Crippen LogP contribution in [-0.4, -0.2) is 57.1 Å². The van der Waals surface area contributed by atoms with Gasteiger partial charge in [-0.2, -0.15) is 0 Å². The number of hydrogen-bond acceptors (Lipinski definition) is 6. The zero-order chi connectivity index (χ0) is 30.2. The van der Waals surface area contributed by atoms with Gasteiger partial charge in [-0.05, 0) is 66.8 Å². The van der Waals surface area contributed by atoms with E-state index in [1.807, 2.05) is 6.07 Å². The predicted molar refractivity (Wildman–Crippen MR) is 162 cm³/mol. The molecule has 10 heteroatoms. The average Bonchev–Trinajstić information content (AvgIpc) is 3.72. The average molecular weight is 576 g/mol. The van der Waals surface area contributed by atoms with Crippen molar-refractivity contribution in [2.24, 2.45) is 0 Å². The second-order valence-corrected chi connectivity index (χ2v) is 10.6. The molecule has 1 atom stereocenters. The van der Waals surface area contributed by atoms with Crippen molar-refractivity contribution in [3.05, 3.63) is 107 Å². The number of allylic oxidation sites excluding steroid dienone is 2. The second kappa shape index (κ2) is 11.1. The molecular weight excluding hydrogens is 546 g/mol. The molecule has 1 saturated heterocycles. The summed E-state index contributed by atoms with van der Waals surface area (Å²) in [5.74, 6) is -1.48. The molecule has 10 nitrogen and oxygen atoms in total. The van der Waals surface area contributed by atoms with Gasteiger partial charge >= 0.3 is 5.97 Å². The van der Waals surface area contributed by atoms with Crippen LogP contribution in [0.1, 0.15) is 61.9 Å². The lowest BCUT2D eigenvalue weighted by molar-refractivity contribution is -0.114. The molecule has 1 aliphatic carbocycles. The van der Waals surface area contributed by atoms with E-state index in [0.29, 0.717) is 41.3 Å². The SMILES string of the molecule is COC(=O)c1cnc2c(c1)C1CCN(C(=O)c3cc4cc(NC(C)=O)ccc4[nH]3)C1=CC2=O.Cc1cc2ccccc2[nH]1. The quantitative estimate of drug-likeness (QED) is 0.243. The highest BCUT2D eigenvalue weighted by molar-refractivity contribution is 6.08. The molecule has 216 valence electrons. The molecule has 0 spiro atoms. The number of rotatable bonds is 3. The summed E-state index contributed by atoms with van der Waals surface area (Å²) in [4.78, 5) is 61.5. The Hall–Kier alpha value is -5.51. The summed E-state index contributed by atoms with van der Waals surface area (Å²) in [6, 6.07) is 19.1. The molecule has 0 saturated carbocycles. The number of ether oxygens (including phenoxy) is 1. The van der Waals surface area contributed by atoms with Crippen LogP contribution in [0.15, 0.2) is 78.6 Å². The molecule has 5 aromatic rings. The summed E-state index contributed by atoms with van der Waals surface area (Å²) in [6.45, 7) is 3.93. The third kappa shape index (κ3) is 5.30. The van der Waals surface area contributed by atoms with Crippen LogP contribution in [0.2, 0.25) is 0 Å². The topological polar surface area (TPSA) is 137 Å². The zero-order valence-corrected chi connectivity index (χ0v) is 23.9. The Morgan fingerprint density at radius 1 is 1.00 bits per heavy atom. The monoisotopic (exact) mass is 575 g/mol. The lowest BCUT2D eigenvalue weighted by Crippen LogP contribution is -2.29. The van der Waals surface area contributed by atoms with E-state index in [1.54, 1.807) is 35.2 Å². The van der Waals surface area contributed by atoms with Crippen LogP contribution in [0.4, 0.5) is 5.69 Å². The van der Waals surface area contributed by atoms with E-state index in [-0.39, 0.29) is 29.1 Å².